The summed E-state index contributed by atoms with van der Waals surface area (Å²) < 4.78 is 5.48. The van der Waals surface area contributed by atoms with Crippen LogP contribution in [0.2, 0.25) is 0 Å². The average Bonchev–Trinajstić information content (AvgIpc) is 2.80. The molecule has 0 bridgehead atoms. The Labute approximate surface area is 202 Å². The molecule has 0 radical (unpaired) electrons. The van der Waals surface area contributed by atoms with Gasteiger partial charge in [0.15, 0.2) is 5.78 Å². The molecule has 3 aromatic carbocycles. The van der Waals surface area contributed by atoms with Gasteiger partial charge in [0, 0.05) is 16.7 Å². The molecule has 0 aliphatic heterocycles. The number of esters is 1. The normalized spacial score (nSPS) is 12.7. The van der Waals surface area contributed by atoms with Crippen LogP contribution in [-0.2, 0) is 16.8 Å². The van der Waals surface area contributed by atoms with Crippen molar-refractivity contribution < 1.29 is 24.0 Å². The van der Waals surface area contributed by atoms with E-state index in [1.54, 1.807) is 12.1 Å². The molecule has 0 unspecified atom stereocenters. The molecular weight excluding hydrogens is 446 g/mol. The van der Waals surface area contributed by atoms with E-state index in [4.69, 9.17) is 4.74 Å². The molecule has 1 aliphatic carbocycles. The Hall–Kier alpha value is -4.13. The third kappa shape index (κ3) is 4.14. The molecule has 0 saturated heterocycles. The number of ether oxygens (including phenoxy) is 1. The van der Waals surface area contributed by atoms with Crippen LogP contribution >= 0.6 is 0 Å². The van der Waals surface area contributed by atoms with Gasteiger partial charge in [-0.3, -0.25) is 19.7 Å². The summed E-state index contributed by atoms with van der Waals surface area (Å²) >= 11 is 0. The molecule has 7 nitrogen and oxygen atoms in total. The van der Waals surface area contributed by atoms with Crippen molar-refractivity contribution in [1.29, 1.82) is 0 Å². The van der Waals surface area contributed by atoms with Crippen molar-refractivity contribution in [3.63, 3.8) is 0 Å². The Kier molecular flexibility index (Phi) is 5.88. The van der Waals surface area contributed by atoms with Crippen LogP contribution in [0.15, 0.2) is 48.5 Å². The standard InChI is InChI=1S/C28H25NO6/c1-15-12-17(28(3,4)5)13-16(2)22(15)14-35-27(32)21-11-10-20-23(24(21)29(33)34)26(31)19-9-7-6-8-18(19)25(20)30/h6-13H,14H2,1-5H3. The van der Waals surface area contributed by atoms with E-state index >= 15 is 0 Å². The van der Waals surface area contributed by atoms with Crippen LogP contribution in [0.1, 0.15) is 85.2 Å². The Morgan fingerprint density at radius 3 is 2.03 bits per heavy atom. The predicted molar refractivity (Wildman–Crippen MR) is 130 cm³/mol. The van der Waals surface area contributed by atoms with Gasteiger partial charge in [0.2, 0.25) is 5.78 Å². The van der Waals surface area contributed by atoms with Gasteiger partial charge in [0.05, 0.1) is 4.92 Å². The molecule has 0 fully saturated rings. The maximum Gasteiger partial charge on any atom is 0.345 e. The Morgan fingerprint density at radius 1 is 0.914 bits per heavy atom. The van der Waals surface area contributed by atoms with Crippen molar-refractivity contribution in [2.45, 2.75) is 46.6 Å². The molecule has 0 aromatic heterocycles. The van der Waals surface area contributed by atoms with Gasteiger partial charge in [0.1, 0.15) is 17.7 Å². The molecule has 0 atom stereocenters. The smallest absolute Gasteiger partial charge is 0.345 e. The first-order chi connectivity index (χ1) is 16.4. The largest absolute Gasteiger partial charge is 0.457 e. The molecule has 0 N–H and O–H groups in total. The Balaban J connectivity index is 1.70. The topological polar surface area (TPSA) is 104 Å². The minimum absolute atomic E-state index is 0.0446. The van der Waals surface area contributed by atoms with E-state index in [9.17, 15) is 24.5 Å². The molecule has 0 spiro atoms. The fourth-order valence-corrected chi connectivity index (χ4v) is 4.39. The number of hydrogen-bond donors (Lipinski definition) is 0. The van der Waals surface area contributed by atoms with E-state index in [0.29, 0.717) is 0 Å². The second-order valence-electron chi connectivity index (χ2n) is 9.76. The number of rotatable bonds is 4. The number of nitro groups is 1. The zero-order chi connectivity index (χ0) is 25.7. The zero-order valence-corrected chi connectivity index (χ0v) is 20.2. The number of fused-ring (bicyclic) bond motifs is 2. The molecule has 3 aromatic rings. The highest BCUT2D eigenvalue weighted by molar-refractivity contribution is 6.30. The summed E-state index contributed by atoms with van der Waals surface area (Å²) in [6, 6.07) is 12.7. The highest BCUT2D eigenvalue weighted by Gasteiger charge is 2.39. The predicted octanol–water partition coefficient (Wildman–Crippen LogP) is 5.64. The van der Waals surface area contributed by atoms with Crippen molar-refractivity contribution in [3.05, 3.63) is 109 Å². The number of benzene rings is 3. The summed E-state index contributed by atoms with van der Waals surface area (Å²) in [6.07, 6.45) is 0. The van der Waals surface area contributed by atoms with Crippen LogP contribution in [0.3, 0.4) is 0 Å². The molecule has 178 valence electrons. The number of nitro benzene ring substituents is 1. The highest BCUT2D eigenvalue weighted by atomic mass is 16.6. The molecule has 0 amide bonds. The van der Waals surface area contributed by atoms with Gasteiger partial charge in [-0.2, -0.15) is 0 Å². The molecule has 0 heterocycles. The maximum atomic E-state index is 13.1. The van der Waals surface area contributed by atoms with Crippen LogP contribution in [0.25, 0.3) is 0 Å². The fourth-order valence-electron chi connectivity index (χ4n) is 4.39. The highest BCUT2D eigenvalue weighted by Crippen LogP contribution is 2.36. The van der Waals surface area contributed by atoms with Crippen LogP contribution in [-0.4, -0.2) is 22.5 Å². The average molecular weight is 472 g/mol. The first-order valence-electron chi connectivity index (χ1n) is 11.2. The molecule has 0 saturated carbocycles. The summed E-state index contributed by atoms with van der Waals surface area (Å²) in [5.41, 5.74) is 2.51. The lowest BCUT2D eigenvalue weighted by molar-refractivity contribution is -0.385. The summed E-state index contributed by atoms with van der Waals surface area (Å²) in [4.78, 5) is 50.2. The zero-order valence-electron chi connectivity index (χ0n) is 20.2. The number of aryl methyl sites for hydroxylation is 2. The minimum Gasteiger partial charge on any atom is -0.457 e. The van der Waals surface area contributed by atoms with Crippen molar-refractivity contribution in [2.24, 2.45) is 0 Å². The van der Waals surface area contributed by atoms with Gasteiger partial charge < -0.3 is 4.74 Å². The molecular formula is C28H25NO6. The van der Waals surface area contributed by atoms with Crippen LogP contribution < -0.4 is 0 Å². The van der Waals surface area contributed by atoms with Crippen LogP contribution in [0.5, 0.6) is 0 Å². The lowest BCUT2D eigenvalue weighted by atomic mass is 9.82. The van der Waals surface area contributed by atoms with Gasteiger partial charge in [-0.05, 0) is 53.6 Å². The summed E-state index contributed by atoms with van der Waals surface area (Å²) in [5, 5.41) is 12.0. The van der Waals surface area contributed by atoms with Gasteiger partial charge in [-0.25, -0.2) is 4.79 Å². The first-order valence-corrected chi connectivity index (χ1v) is 11.2. The summed E-state index contributed by atoms with van der Waals surface area (Å²) in [7, 11) is 0. The Bertz CT molecular complexity index is 1400. The fraction of sp³-hybridized carbons (Fsp3) is 0.250. The van der Waals surface area contributed by atoms with E-state index in [-0.39, 0.29) is 39.8 Å². The van der Waals surface area contributed by atoms with Gasteiger partial charge in [-0.1, -0.05) is 57.2 Å². The molecule has 35 heavy (non-hydrogen) atoms. The van der Waals surface area contributed by atoms with E-state index in [1.165, 1.54) is 24.3 Å². The number of nitrogens with zero attached hydrogens (tertiary/aromatic N) is 1. The lowest BCUT2D eigenvalue weighted by Gasteiger charge is -2.22. The van der Waals surface area contributed by atoms with E-state index < -0.39 is 28.1 Å². The number of carbonyl (C=O) groups excluding carboxylic acids is 3. The van der Waals surface area contributed by atoms with Crippen LogP contribution in [0, 0.1) is 24.0 Å². The van der Waals surface area contributed by atoms with Crippen molar-refractivity contribution in [3.8, 4) is 0 Å². The number of hydrogen-bond acceptors (Lipinski definition) is 6. The minimum atomic E-state index is -0.933. The molecule has 4 rings (SSSR count). The second kappa shape index (κ2) is 8.58. The second-order valence-corrected chi connectivity index (χ2v) is 9.76. The monoisotopic (exact) mass is 471 g/mol. The summed E-state index contributed by atoms with van der Waals surface area (Å²) in [6.45, 7) is 10.1. The van der Waals surface area contributed by atoms with Gasteiger partial charge >= 0.3 is 5.97 Å². The van der Waals surface area contributed by atoms with E-state index in [2.05, 4.69) is 20.8 Å². The number of carbonyl (C=O) groups is 3. The van der Waals surface area contributed by atoms with Crippen molar-refractivity contribution in [1.82, 2.24) is 0 Å². The Morgan fingerprint density at radius 2 is 1.49 bits per heavy atom. The first kappa shape index (κ1) is 24.0. The van der Waals surface area contributed by atoms with Crippen LogP contribution in [0.4, 0.5) is 5.69 Å². The molecule has 7 heteroatoms. The third-order valence-corrected chi connectivity index (χ3v) is 6.38. The van der Waals surface area contributed by atoms with Crippen molar-refractivity contribution in [2.75, 3.05) is 0 Å². The maximum absolute atomic E-state index is 13.1. The van der Waals surface area contributed by atoms with E-state index in [0.717, 1.165) is 22.3 Å². The summed E-state index contributed by atoms with van der Waals surface area (Å²) in [5.74, 6) is -2.10. The SMILES string of the molecule is Cc1cc(C(C)(C)C)cc(C)c1COC(=O)c1ccc2c(c1[N+](=O)[O-])C(=O)c1ccccc1C2=O. The number of ketones is 2. The van der Waals surface area contributed by atoms with Gasteiger partial charge in [-0.15, -0.1) is 0 Å². The molecule has 1 aliphatic rings. The quantitative estimate of drug-likeness (QED) is 0.217. The van der Waals surface area contributed by atoms with Gasteiger partial charge in [0.25, 0.3) is 5.69 Å². The van der Waals surface area contributed by atoms with Crippen molar-refractivity contribution >= 4 is 23.2 Å². The lowest BCUT2D eigenvalue weighted by Crippen LogP contribution is -2.24. The van der Waals surface area contributed by atoms with E-state index in [1.807, 2.05) is 26.0 Å². The third-order valence-electron chi connectivity index (χ3n) is 6.38.